The van der Waals surface area contributed by atoms with E-state index in [1.165, 1.54) is 10.9 Å². The van der Waals surface area contributed by atoms with Crippen molar-refractivity contribution in [3.63, 3.8) is 0 Å². The monoisotopic (exact) mass is 322 g/mol. The lowest BCUT2D eigenvalue weighted by molar-refractivity contribution is -0.133. The van der Waals surface area contributed by atoms with Crippen LogP contribution in [0.25, 0.3) is 10.9 Å². The van der Waals surface area contributed by atoms with E-state index in [1.54, 1.807) is 6.20 Å². The third-order valence-corrected chi connectivity index (χ3v) is 4.89. The first-order valence-corrected chi connectivity index (χ1v) is 8.62. The average molecular weight is 322 g/mol. The molecule has 1 atom stereocenters. The molecule has 2 aromatic heterocycles. The second-order valence-electron chi connectivity index (χ2n) is 6.44. The molecular weight excluding hydrogens is 300 g/mol. The van der Waals surface area contributed by atoms with Crippen molar-refractivity contribution in [1.29, 1.82) is 0 Å². The molecule has 0 N–H and O–H groups in total. The number of hydrogen-bond acceptors (Lipinski definition) is 2. The maximum absolute atomic E-state index is 12.6. The quantitative estimate of drug-likeness (QED) is 0.741. The van der Waals surface area contributed by atoms with Gasteiger partial charge in [0.25, 0.3) is 0 Å². The predicted molar refractivity (Wildman–Crippen MR) is 93.6 cm³/mol. The molecule has 1 saturated heterocycles. The smallest absolute Gasteiger partial charge is 0.224 e. The van der Waals surface area contributed by atoms with Gasteiger partial charge in [0.15, 0.2) is 0 Å². The molecule has 5 nitrogen and oxygen atoms in total. The fourth-order valence-corrected chi connectivity index (χ4v) is 3.60. The van der Waals surface area contributed by atoms with Gasteiger partial charge in [-0.25, -0.2) is 0 Å². The normalized spacial score (nSPS) is 18.2. The number of nitrogens with zero attached hydrogens (tertiary/aromatic N) is 4. The van der Waals surface area contributed by atoms with Crippen molar-refractivity contribution in [2.45, 2.75) is 31.8 Å². The van der Waals surface area contributed by atoms with Crippen molar-refractivity contribution in [1.82, 2.24) is 19.2 Å². The molecular formula is C19H22N4O. The first kappa shape index (κ1) is 15.0. The highest BCUT2D eigenvalue weighted by Gasteiger charge is 2.24. The summed E-state index contributed by atoms with van der Waals surface area (Å²) in [7, 11) is 0. The molecule has 0 spiro atoms. The number of fused-ring (bicyclic) bond motifs is 1. The molecule has 124 valence electrons. The first-order chi connectivity index (χ1) is 11.8. The Balaban J connectivity index is 1.39. The molecule has 0 radical (unpaired) electrons. The maximum atomic E-state index is 12.6. The minimum absolute atomic E-state index is 0.240. The lowest BCUT2D eigenvalue weighted by Gasteiger charge is -2.33. The molecule has 1 aliphatic heterocycles. The summed E-state index contributed by atoms with van der Waals surface area (Å²) in [5, 5.41) is 5.55. The predicted octanol–water partition coefficient (Wildman–Crippen LogP) is 3.09. The Labute approximate surface area is 141 Å². The van der Waals surface area contributed by atoms with Crippen molar-refractivity contribution in [3.8, 4) is 0 Å². The second-order valence-corrected chi connectivity index (χ2v) is 6.44. The van der Waals surface area contributed by atoms with Crippen LogP contribution >= 0.6 is 0 Å². The van der Waals surface area contributed by atoms with E-state index in [0.29, 0.717) is 12.5 Å². The number of rotatable bonds is 4. The number of carbonyl (C=O) groups is 1. The Hall–Kier alpha value is -2.56. The summed E-state index contributed by atoms with van der Waals surface area (Å²) in [5.41, 5.74) is 1.19. The molecule has 24 heavy (non-hydrogen) atoms. The highest BCUT2D eigenvalue weighted by molar-refractivity contribution is 5.80. The minimum atomic E-state index is 0.240. The van der Waals surface area contributed by atoms with Gasteiger partial charge in [-0.1, -0.05) is 18.2 Å². The van der Waals surface area contributed by atoms with Gasteiger partial charge in [-0.3, -0.25) is 9.48 Å². The Bertz CT molecular complexity index is 821. The Kier molecular flexibility index (Phi) is 4.07. The fourth-order valence-electron chi connectivity index (χ4n) is 3.60. The van der Waals surface area contributed by atoms with E-state index in [-0.39, 0.29) is 5.91 Å². The molecule has 1 amide bonds. The SMILES string of the molecule is O=C(CCn1ccc2ccccc21)N1CCC[C@@H](n2cccn2)C1. The van der Waals surface area contributed by atoms with E-state index in [2.05, 4.69) is 34.1 Å². The Morgan fingerprint density at radius 3 is 2.96 bits per heavy atom. The number of amides is 1. The first-order valence-electron chi connectivity index (χ1n) is 8.62. The summed E-state index contributed by atoms with van der Waals surface area (Å²) in [6.07, 6.45) is 8.55. The van der Waals surface area contributed by atoms with Crippen LogP contribution in [0.2, 0.25) is 0 Å². The van der Waals surface area contributed by atoms with Gasteiger partial charge >= 0.3 is 0 Å². The summed E-state index contributed by atoms with van der Waals surface area (Å²) >= 11 is 0. The van der Waals surface area contributed by atoms with E-state index < -0.39 is 0 Å². The zero-order valence-corrected chi connectivity index (χ0v) is 13.7. The van der Waals surface area contributed by atoms with Crippen molar-refractivity contribution in [2.75, 3.05) is 13.1 Å². The third-order valence-electron chi connectivity index (χ3n) is 4.89. The number of carbonyl (C=O) groups excluding carboxylic acids is 1. The summed E-state index contributed by atoms with van der Waals surface area (Å²) in [5.74, 6) is 0.240. The van der Waals surface area contributed by atoms with Gasteiger partial charge in [0.1, 0.15) is 0 Å². The Morgan fingerprint density at radius 2 is 2.08 bits per heavy atom. The van der Waals surface area contributed by atoms with Gasteiger partial charge in [-0.05, 0) is 36.4 Å². The third kappa shape index (κ3) is 2.94. The largest absolute Gasteiger partial charge is 0.347 e. The topological polar surface area (TPSA) is 43.1 Å². The molecule has 3 heterocycles. The van der Waals surface area contributed by atoms with Gasteiger partial charge < -0.3 is 9.47 Å². The standard InChI is InChI=1S/C19H22N4O/c24-19(9-14-21-13-8-16-5-1-2-7-18(16)21)22-11-3-6-17(15-22)23-12-4-10-20-23/h1-2,4-5,7-8,10,12-13,17H,3,6,9,11,14-15H2/t17-/m1/s1. The van der Waals surface area contributed by atoms with Crippen LogP contribution in [-0.4, -0.2) is 38.2 Å². The zero-order chi connectivity index (χ0) is 16.4. The zero-order valence-electron chi connectivity index (χ0n) is 13.7. The highest BCUT2D eigenvalue weighted by Crippen LogP contribution is 2.21. The lowest BCUT2D eigenvalue weighted by atomic mass is 10.1. The van der Waals surface area contributed by atoms with Gasteiger partial charge in [-0.2, -0.15) is 5.10 Å². The van der Waals surface area contributed by atoms with Crippen LogP contribution in [-0.2, 0) is 11.3 Å². The van der Waals surface area contributed by atoms with E-state index in [9.17, 15) is 4.79 Å². The van der Waals surface area contributed by atoms with Crippen LogP contribution in [0.4, 0.5) is 0 Å². The highest BCUT2D eigenvalue weighted by atomic mass is 16.2. The molecule has 4 rings (SSSR count). The molecule has 1 aromatic carbocycles. The summed E-state index contributed by atoms with van der Waals surface area (Å²) < 4.78 is 4.15. The number of aromatic nitrogens is 3. The fraction of sp³-hybridized carbons (Fsp3) is 0.368. The van der Waals surface area contributed by atoms with E-state index >= 15 is 0 Å². The van der Waals surface area contributed by atoms with Crippen molar-refractivity contribution >= 4 is 16.8 Å². The molecule has 0 bridgehead atoms. The molecule has 1 fully saturated rings. The second kappa shape index (κ2) is 6.51. The molecule has 0 aliphatic carbocycles. The Morgan fingerprint density at radius 1 is 1.17 bits per heavy atom. The number of piperidine rings is 1. The summed E-state index contributed by atoms with van der Waals surface area (Å²) in [6.45, 7) is 2.37. The van der Waals surface area contributed by atoms with Crippen LogP contribution in [0.1, 0.15) is 25.3 Å². The van der Waals surface area contributed by atoms with E-state index in [4.69, 9.17) is 0 Å². The van der Waals surface area contributed by atoms with Crippen LogP contribution in [0, 0.1) is 0 Å². The van der Waals surface area contributed by atoms with Gasteiger partial charge in [-0.15, -0.1) is 0 Å². The van der Waals surface area contributed by atoms with E-state index in [1.807, 2.05) is 34.0 Å². The van der Waals surface area contributed by atoms with Gasteiger partial charge in [0.05, 0.1) is 6.04 Å². The van der Waals surface area contributed by atoms with Crippen LogP contribution in [0.5, 0.6) is 0 Å². The molecule has 3 aromatic rings. The maximum Gasteiger partial charge on any atom is 0.224 e. The number of hydrogen-bond donors (Lipinski definition) is 0. The van der Waals surface area contributed by atoms with Crippen LogP contribution in [0.3, 0.4) is 0 Å². The number of aryl methyl sites for hydroxylation is 1. The van der Waals surface area contributed by atoms with Crippen molar-refractivity contribution in [2.24, 2.45) is 0 Å². The molecule has 0 unspecified atom stereocenters. The average Bonchev–Trinajstić information content (AvgIpc) is 3.30. The summed E-state index contributed by atoms with van der Waals surface area (Å²) in [6, 6.07) is 12.7. The number of para-hydroxylation sites is 1. The van der Waals surface area contributed by atoms with Gasteiger partial charge in [0, 0.05) is 50.2 Å². The van der Waals surface area contributed by atoms with Crippen molar-refractivity contribution < 1.29 is 4.79 Å². The minimum Gasteiger partial charge on any atom is -0.347 e. The summed E-state index contributed by atoms with van der Waals surface area (Å²) in [4.78, 5) is 14.6. The lowest BCUT2D eigenvalue weighted by Crippen LogP contribution is -2.41. The van der Waals surface area contributed by atoms with Crippen LogP contribution in [0.15, 0.2) is 55.0 Å². The number of benzene rings is 1. The molecule has 0 saturated carbocycles. The molecule has 5 heteroatoms. The number of likely N-dealkylation sites (tertiary alicyclic amines) is 1. The van der Waals surface area contributed by atoms with Crippen molar-refractivity contribution in [3.05, 3.63) is 55.0 Å². The van der Waals surface area contributed by atoms with Gasteiger partial charge in [0.2, 0.25) is 5.91 Å². The van der Waals surface area contributed by atoms with E-state index in [0.717, 1.165) is 32.5 Å². The van der Waals surface area contributed by atoms with Crippen LogP contribution < -0.4 is 0 Å². The molecule has 1 aliphatic rings.